The van der Waals surface area contributed by atoms with Gasteiger partial charge in [-0.2, -0.15) is 0 Å². The van der Waals surface area contributed by atoms with Gasteiger partial charge in [-0.1, -0.05) is 0 Å². The van der Waals surface area contributed by atoms with Crippen LogP contribution in [0.25, 0.3) is 0 Å². The Kier molecular flexibility index (Phi) is 3.58. The van der Waals surface area contributed by atoms with Crippen LogP contribution in [0.4, 0.5) is 4.39 Å². The quantitative estimate of drug-likeness (QED) is 0.904. The predicted molar refractivity (Wildman–Crippen MR) is 66.1 cm³/mol. The summed E-state index contributed by atoms with van der Waals surface area (Å²) in [6.45, 7) is 3.43. The molecule has 18 heavy (non-hydrogen) atoms. The molecule has 0 fully saturated rings. The molecule has 1 atom stereocenters. The minimum absolute atomic E-state index is 0.294. The number of halogens is 1. The maximum absolute atomic E-state index is 12.9. The Hall–Kier alpha value is -1.94. The summed E-state index contributed by atoms with van der Waals surface area (Å²) in [5.74, 6) is 0.681. The monoisotopic (exact) mass is 247 g/mol. The van der Waals surface area contributed by atoms with Gasteiger partial charge in [-0.25, -0.2) is 9.37 Å². The topological polar surface area (TPSA) is 42.4 Å². The molecule has 0 aliphatic rings. The molecule has 3 nitrogen and oxygen atoms in total. The van der Waals surface area contributed by atoms with Gasteiger partial charge in [-0.05, 0) is 49.2 Å². The first-order valence-electron chi connectivity index (χ1n) is 5.64. The highest BCUT2D eigenvalue weighted by Crippen LogP contribution is 2.24. The molecule has 4 heteroatoms. The van der Waals surface area contributed by atoms with Gasteiger partial charge in [0.15, 0.2) is 0 Å². The summed E-state index contributed by atoms with van der Waals surface area (Å²) < 4.78 is 18.5. The van der Waals surface area contributed by atoms with Crippen LogP contribution in [0, 0.1) is 12.7 Å². The maximum atomic E-state index is 12.9. The van der Waals surface area contributed by atoms with Gasteiger partial charge in [-0.3, -0.25) is 0 Å². The number of aromatic nitrogens is 1. The number of hydrogen-bond acceptors (Lipinski definition) is 3. The molecule has 1 N–H and O–H groups in total. The zero-order valence-electron chi connectivity index (χ0n) is 10.2. The number of aliphatic hydroxyl groups excluding tert-OH is 1. The van der Waals surface area contributed by atoms with Crippen molar-refractivity contribution in [1.29, 1.82) is 0 Å². The van der Waals surface area contributed by atoms with Crippen LogP contribution >= 0.6 is 0 Å². The molecule has 0 aliphatic carbocycles. The number of rotatable bonds is 3. The second-order valence-electron chi connectivity index (χ2n) is 4.12. The van der Waals surface area contributed by atoms with Crippen LogP contribution in [0.2, 0.25) is 0 Å². The Balaban J connectivity index is 2.18. The van der Waals surface area contributed by atoms with Gasteiger partial charge in [0.05, 0.1) is 6.10 Å². The number of hydrogen-bond donors (Lipinski definition) is 1. The lowest BCUT2D eigenvalue weighted by atomic mass is 10.2. The van der Waals surface area contributed by atoms with Gasteiger partial charge in [0.1, 0.15) is 11.6 Å². The minimum atomic E-state index is -0.556. The molecular formula is C14H14FNO2. The van der Waals surface area contributed by atoms with Gasteiger partial charge in [0.25, 0.3) is 0 Å². The van der Waals surface area contributed by atoms with Crippen molar-refractivity contribution in [3.63, 3.8) is 0 Å². The van der Waals surface area contributed by atoms with Crippen LogP contribution in [0.15, 0.2) is 36.5 Å². The van der Waals surface area contributed by atoms with Gasteiger partial charge in [0, 0.05) is 12.3 Å². The summed E-state index contributed by atoms with van der Waals surface area (Å²) >= 11 is 0. The lowest BCUT2D eigenvalue weighted by molar-refractivity contribution is 0.198. The Labute approximate surface area is 105 Å². The first-order valence-corrected chi connectivity index (χ1v) is 5.64. The number of aliphatic hydroxyl groups is 1. The molecule has 0 saturated heterocycles. The number of benzene rings is 1. The normalized spacial score (nSPS) is 12.2. The Bertz CT molecular complexity index is 538. The summed E-state index contributed by atoms with van der Waals surface area (Å²) in [6, 6.07) is 7.72. The lowest BCUT2D eigenvalue weighted by Crippen LogP contribution is -1.94. The molecule has 0 aliphatic heterocycles. The number of nitrogens with zero attached hydrogens (tertiary/aromatic N) is 1. The minimum Gasteiger partial charge on any atom is -0.439 e. The largest absolute Gasteiger partial charge is 0.439 e. The van der Waals surface area contributed by atoms with Gasteiger partial charge in [-0.15, -0.1) is 0 Å². The fourth-order valence-corrected chi connectivity index (χ4v) is 1.54. The van der Waals surface area contributed by atoms with Crippen molar-refractivity contribution in [3.05, 3.63) is 53.5 Å². The number of aryl methyl sites for hydroxylation is 1. The van der Waals surface area contributed by atoms with E-state index in [2.05, 4.69) is 4.98 Å². The molecule has 1 aromatic carbocycles. The maximum Gasteiger partial charge on any atom is 0.219 e. The molecule has 2 aromatic rings. The molecule has 2 rings (SSSR count). The molecule has 1 heterocycles. The van der Waals surface area contributed by atoms with Crippen LogP contribution < -0.4 is 4.74 Å². The molecule has 0 radical (unpaired) electrons. The van der Waals surface area contributed by atoms with Crippen molar-refractivity contribution in [2.24, 2.45) is 0 Å². The molecule has 0 bridgehead atoms. The molecule has 0 unspecified atom stereocenters. The second kappa shape index (κ2) is 5.14. The van der Waals surface area contributed by atoms with E-state index in [1.165, 1.54) is 12.1 Å². The van der Waals surface area contributed by atoms with Gasteiger partial charge < -0.3 is 9.84 Å². The fourth-order valence-electron chi connectivity index (χ4n) is 1.54. The van der Waals surface area contributed by atoms with Crippen molar-refractivity contribution in [1.82, 2.24) is 4.98 Å². The van der Waals surface area contributed by atoms with Crippen molar-refractivity contribution >= 4 is 0 Å². The van der Waals surface area contributed by atoms with E-state index in [4.69, 9.17) is 4.74 Å². The van der Waals surface area contributed by atoms with E-state index < -0.39 is 6.10 Å². The van der Waals surface area contributed by atoms with Crippen LogP contribution in [0.5, 0.6) is 11.6 Å². The van der Waals surface area contributed by atoms with Crippen LogP contribution in [0.3, 0.4) is 0 Å². The Morgan fingerprint density at radius 1 is 1.28 bits per heavy atom. The van der Waals surface area contributed by atoms with Crippen molar-refractivity contribution in [3.8, 4) is 11.6 Å². The van der Waals surface area contributed by atoms with Gasteiger partial charge >= 0.3 is 0 Å². The zero-order chi connectivity index (χ0) is 13.1. The summed E-state index contributed by atoms with van der Waals surface area (Å²) in [4.78, 5) is 4.08. The third-order valence-electron chi connectivity index (χ3n) is 2.59. The summed E-state index contributed by atoms with van der Waals surface area (Å²) in [5.41, 5.74) is 1.43. The van der Waals surface area contributed by atoms with Crippen LogP contribution in [-0.2, 0) is 0 Å². The number of pyridine rings is 1. The summed E-state index contributed by atoms with van der Waals surface area (Å²) in [5, 5.41) is 9.36. The summed E-state index contributed by atoms with van der Waals surface area (Å²) in [7, 11) is 0. The number of ether oxygens (including phenoxy) is 1. The third-order valence-corrected chi connectivity index (χ3v) is 2.59. The fraction of sp³-hybridized carbons (Fsp3) is 0.214. The average Bonchev–Trinajstić information content (AvgIpc) is 2.33. The molecule has 0 amide bonds. The lowest BCUT2D eigenvalue weighted by Gasteiger charge is -2.09. The van der Waals surface area contributed by atoms with Crippen LogP contribution in [0.1, 0.15) is 24.2 Å². The van der Waals surface area contributed by atoms with Gasteiger partial charge in [0.2, 0.25) is 5.88 Å². The van der Waals surface area contributed by atoms with E-state index in [1.54, 1.807) is 38.2 Å². The molecule has 1 aromatic heterocycles. The zero-order valence-corrected chi connectivity index (χ0v) is 10.2. The van der Waals surface area contributed by atoms with E-state index in [9.17, 15) is 9.50 Å². The molecular weight excluding hydrogens is 233 g/mol. The Morgan fingerprint density at radius 2 is 2.06 bits per heavy atom. The van der Waals surface area contributed by atoms with E-state index >= 15 is 0 Å². The first-order chi connectivity index (χ1) is 8.56. The Morgan fingerprint density at radius 3 is 2.61 bits per heavy atom. The van der Waals surface area contributed by atoms with E-state index in [0.29, 0.717) is 17.2 Å². The first kappa shape index (κ1) is 12.5. The van der Waals surface area contributed by atoms with Crippen molar-refractivity contribution in [2.75, 3.05) is 0 Å². The summed E-state index contributed by atoms with van der Waals surface area (Å²) in [6.07, 6.45) is 0.998. The van der Waals surface area contributed by atoms with Crippen LogP contribution in [-0.4, -0.2) is 10.1 Å². The molecule has 0 spiro atoms. The molecule has 94 valence electrons. The highest BCUT2D eigenvalue weighted by molar-refractivity contribution is 5.35. The predicted octanol–water partition coefficient (Wildman–Crippen LogP) is 3.37. The standard InChI is InChI=1S/C14H14FNO2/c1-9-7-12(15)4-5-13(9)18-14-6-3-11(8-16-14)10(2)17/h3-8,10,17H,1-2H3/t10-/m0/s1. The SMILES string of the molecule is Cc1cc(F)ccc1Oc1ccc([C@H](C)O)cn1. The van der Waals surface area contributed by atoms with Crippen molar-refractivity contribution < 1.29 is 14.2 Å². The van der Waals surface area contributed by atoms with E-state index in [-0.39, 0.29) is 5.82 Å². The highest BCUT2D eigenvalue weighted by Gasteiger charge is 2.05. The van der Waals surface area contributed by atoms with E-state index in [1.807, 2.05) is 0 Å². The smallest absolute Gasteiger partial charge is 0.219 e. The third kappa shape index (κ3) is 2.84. The molecule has 0 saturated carbocycles. The highest BCUT2D eigenvalue weighted by atomic mass is 19.1. The van der Waals surface area contributed by atoms with Crippen molar-refractivity contribution in [2.45, 2.75) is 20.0 Å². The average molecular weight is 247 g/mol. The second-order valence-corrected chi connectivity index (χ2v) is 4.12. The van der Waals surface area contributed by atoms with E-state index in [0.717, 1.165) is 5.56 Å².